The molecule has 1 saturated heterocycles. The Morgan fingerprint density at radius 1 is 1.13 bits per heavy atom. The highest BCUT2D eigenvalue weighted by atomic mass is 16.7. The third-order valence-electron chi connectivity index (χ3n) is 3.83. The molecular formula is C14H19NO8. The third kappa shape index (κ3) is 3.60. The van der Waals surface area contributed by atoms with E-state index in [4.69, 9.17) is 19.8 Å². The second-order valence-electron chi connectivity index (χ2n) is 5.37. The molecule has 9 heteroatoms. The molecule has 2 aliphatic rings. The lowest BCUT2D eigenvalue weighted by atomic mass is 9.93. The van der Waals surface area contributed by atoms with E-state index in [-0.39, 0.29) is 5.57 Å². The molecule has 1 fully saturated rings. The summed E-state index contributed by atoms with van der Waals surface area (Å²) in [5.41, 5.74) is 0.238. The molecule has 0 saturated carbocycles. The standard InChI is InChI=1S/C14H19NO8/c15-4-3-6-1-2-7(17)9(18)13(6)23-14-12(21)11(20)10(19)8(5-16)22-14/h1-3,7-14,16-21H,5H2/b6-3-/t7-,8-,9+,10-,11+,12-,13+,14+/m1/s1. The summed E-state index contributed by atoms with van der Waals surface area (Å²) in [7, 11) is 0. The Bertz CT molecular complexity index is 513. The minimum Gasteiger partial charge on any atom is -0.394 e. The monoisotopic (exact) mass is 329 g/mol. The molecule has 1 aliphatic carbocycles. The van der Waals surface area contributed by atoms with Crippen LogP contribution in [-0.2, 0) is 9.47 Å². The zero-order chi connectivity index (χ0) is 17.1. The molecule has 0 bridgehead atoms. The largest absolute Gasteiger partial charge is 0.394 e. The van der Waals surface area contributed by atoms with E-state index in [0.717, 1.165) is 6.08 Å². The Morgan fingerprint density at radius 2 is 1.83 bits per heavy atom. The number of nitriles is 1. The number of aliphatic hydroxyl groups excluding tert-OH is 6. The summed E-state index contributed by atoms with van der Waals surface area (Å²) < 4.78 is 10.6. The van der Waals surface area contributed by atoms with Gasteiger partial charge in [0.1, 0.15) is 42.7 Å². The van der Waals surface area contributed by atoms with Gasteiger partial charge in [-0.3, -0.25) is 0 Å². The van der Waals surface area contributed by atoms with E-state index >= 15 is 0 Å². The van der Waals surface area contributed by atoms with Crippen LogP contribution in [0.4, 0.5) is 0 Å². The predicted octanol–water partition coefficient (Wildman–Crippen LogP) is -3.09. The van der Waals surface area contributed by atoms with Crippen LogP contribution in [0.1, 0.15) is 0 Å². The molecule has 128 valence electrons. The van der Waals surface area contributed by atoms with Crippen molar-refractivity contribution in [2.24, 2.45) is 0 Å². The normalized spacial score (nSPS) is 45.9. The van der Waals surface area contributed by atoms with Crippen LogP contribution in [0.15, 0.2) is 23.8 Å². The van der Waals surface area contributed by atoms with Gasteiger partial charge in [-0.25, -0.2) is 0 Å². The van der Waals surface area contributed by atoms with Crippen LogP contribution in [0.5, 0.6) is 0 Å². The molecule has 1 aliphatic heterocycles. The molecule has 0 aromatic carbocycles. The van der Waals surface area contributed by atoms with Crippen LogP contribution in [-0.4, -0.2) is 86.3 Å². The average molecular weight is 329 g/mol. The summed E-state index contributed by atoms with van der Waals surface area (Å²) in [6.07, 6.45) is -7.57. The van der Waals surface area contributed by atoms with Crippen LogP contribution >= 0.6 is 0 Å². The summed E-state index contributed by atoms with van der Waals surface area (Å²) in [5, 5.41) is 66.9. The topological polar surface area (TPSA) is 164 Å². The lowest BCUT2D eigenvalue weighted by Crippen LogP contribution is -2.60. The molecule has 0 unspecified atom stereocenters. The van der Waals surface area contributed by atoms with Gasteiger partial charge in [0.25, 0.3) is 0 Å². The van der Waals surface area contributed by atoms with Gasteiger partial charge in [-0.2, -0.15) is 5.26 Å². The van der Waals surface area contributed by atoms with Crippen LogP contribution in [0, 0.1) is 11.3 Å². The third-order valence-corrected chi connectivity index (χ3v) is 3.83. The average Bonchev–Trinajstić information content (AvgIpc) is 2.54. The lowest BCUT2D eigenvalue weighted by molar-refractivity contribution is -0.314. The van der Waals surface area contributed by atoms with Gasteiger partial charge < -0.3 is 40.1 Å². The second kappa shape index (κ2) is 7.48. The molecular weight excluding hydrogens is 310 g/mol. The minimum absolute atomic E-state index is 0.238. The summed E-state index contributed by atoms with van der Waals surface area (Å²) >= 11 is 0. The van der Waals surface area contributed by atoms with E-state index in [9.17, 15) is 25.5 Å². The van der Waals surface area contributed by atoms with Crippen molar-refractivity contribution in [2.75, 3.05) is 6.61 Å². The maximum Gasteiger partial charge on any atom is 0.187 e. The number of hydrogen-bond acceptors (Lipinski definition) is 9. The highest BCUT2D eigenvalue weighted by Gasteiger charge is 2.46. The maximum absolute atomic E-state index is 10.0. The van der Waals surface area contributed by atoms with E-state index in [1.807, 2.05) is 0 Å². The molecule has 0 radical (unpaired) electrons. The van der Waals surface area contributed by atoms with Crippen molar-refractivity contribution >= 4 is 0 Å². The molecule has 9 nitrogen and oxygen atoms in total. The number of allylic oxidation sites excluding steroid dienone is 1. The molecule has 23 heavy (non-hydrogen) atoms. The van der Waals surface area contributed by atoms with Gasteiger partial charge in [0, 0.05) is 6.08 Å². The Labute approximate surface area is 131 Å². The van der Waals surface area contributed by atoms with E-state index in [1.165, 1.54) is 12.2 Å². The van der Waals surface area contributed by atoms with Crippen molar-refractivity contribution in [3.05, 3.63) is 23.8 Å². The molecule has 0 aromatic heterocycles. The van der Waals surface area contributed by atoms with Crippen molar-refractivity contribution in [3.63, 3.8) is 0 Å². The summed E-state index contributed by atoms with van der Waals surface area (Å²) in [6.45, 7) is -0.624. The molecule has 8 atom stereocenters. The van der Waals surface area contributed by atoms with Crippen LogP contribution in [0.3, 0.4) is 0 Å². The SMILES string of the molecule is N#C/C=C1/C=C[C@@H](O)[C@H](O)[C@H]1O[C@@H]1O[C@H](CO)[C@@H](O)[C@H](O)[C@H]1O. The van der Waals surface area contributed by atoms with Gasteiger partial charge in [0.05, 0.1) is 12.7 Å². The molecule has 1 heterocycles. The zero-order valence-corrected chi connectivity index (χ0v) is 12.0. The summed E-state index contributed by atoms with van der Waals surface area (Å²) in [4.78, 5) is 0. The van der Waals surface area contributed by atoms with E-state index < -0.39 is 55.6 Å². The minimum atomic E-state index is -1.65. The quantitative estimate of drug-likeness (QED) is 0.294. The molecule has 0 spiro atoms. The lowest BCUT2D eigenvalue weighted by Gasteiger charge is -2.42. The second-order valence-corrected chi connectivity index (χ2v) is 5.37. The fourth-order valence-corrected chi connectivity index (χ4v) is 2.48. The Morgan fingerprint density at radius 3 is 2.43 bits per heavy atom. The van der Waals surface area contributed by atoms with Crippen LogP contribution < -0.4 is 0 Å². The van der Waals surface area contributed by atoms with Gasteiger partial charge in [-0.1, -0.05) is 12.2 Å². The fourth-order valence-electron chi connectivity index (χ4n) is 2.48. The van der Waals surface area contributed by atoms with E-state index in [1.54, 1.807) is 6.07 Å². The van der Waals surface area contributed by atoms with Crippen molar-refractivity contribution < 1.29 is 40.1 Å². The van der Waals surface area contributed by atoms with Crippen molar-refractivity contribution in [3.8, 4) is 6.07 Å². The predicted molar refractivity (Wildman–Crippen MR) is 73.5 cm³/mol. The first-order valence-corrected chi connectivity index (χ1v) is 7.00. The first-order valence-electron chi connectivity index (χ1n) is 7.00. The van der Waals surface area contributed by atoms with Gasteiger partial charge in [-0.15, -0.1) is 0 Å². The Balaban J connectivity index is 2.20. The van der Waals surface area contributed by atoms with Crippen molar-refractivity contribution in [1.82, 2.24) is 0 Å². The van der Waals surface area contributed by atoms with Crippen molar-refractivity contribution in [2.45, 2.75) is 49.0 Å². The fraction of sp³-hybridized carbons (Fsp3) is 0.643. The van der Waals surface area contributed by atoms with Crippen molar-refractivity contribution in [1.29, 1.82) is 5.26 Å². The maximum atomic E-state index is 10.0. The van der Waals surface area contributed by atoms with Gasteiger partial charge in [0.2, 0.25) is 0 Å². The van der Waals surface area contributed by atoms with Gasteiger partial charge in [-0.05, 0) is 5.57 Å². The highest BCUT2D eigenvalue weighted by molar-refractivity contribution is 5.34. The highest BCUT2D eigenvalue weighted by Crippen LogP contribution is 2.28. The molecule has 6 N–H and O–H groups in total. The van der Waals surface area contributed by atoms with Gasteiger partial charge in [0.15, 0.2) is 6.29 Å². The van der Waals surface area contributed by atoms with Crippen LogP contribution in [0.25, 0.3) is 0 Å². The number of aliphatic hydroxyl groups is 6. The summed E-state index contributed by atoms with van der Waals surface area (Å²) in [5.74, 6) is 0. The molecule has 0 amide bonds. The molecule has 0 aromatic rings. The van der Waals surface area contributed by atoms with E-state index in [0.29, 0.717) is 0 Å². The zero-order valence-electron chi connectivity index (χ0n) is 12.0. The Hall–Kier alpha value is -1.35. The smallest absolute Gasteiger partial charge is 0.187 e. The number of ether oxygens (including phenoxy) is 2. The molecule has 2 rings (SSSR count). The Kier molecular flexibility index (Phi) is 5.85. The van der Waals surface area contributed by atoms with Gasteiger partial charge >= 0.3 is 0 Å². The number of rotatable bonds is 3. The number of hydrogen-bond donors (Lipinski definition) is 6. The first kappa shape index (κ1) is 18.0. The first-order chi connectivity index (χ1) is 10.9. The summed E-state index contributed by atoms with van der Waals surface area (Å²) in [6, 6.07) is 1.77. The number of nitrogens with zero attached hydrogens (tertiary/aromatic N) is 1. The van der Waals surface area contributed by atoms with Crippen LogP contribution in [0.2, 0.25) is 0 Å². The van der Waals surface area contributed by atoms with E-state index in [2.05, 4.69) is 0 Å².